The number of hydrogen-bond acceptors (Lipinski definition) is 6. The number of nitrogens with zero attached hydrogens (tertiary/aromatic N) is 1. The van der Waals surface area contributed by atoms with Crippen molar-refractivity contribution in [2.45, 2.75) is 76.6 Å². The summed E-state index contributed by atoms with van der Waals surface area (Å²) in [7, 11) is 0. The van der Waals surface area contributed by atoms with E-state index < -0.39 is 6.04 Å². The molecule has 5 rings (SSSR count). The molecule has 0 spiro atoms. The summed E-state index contributed by atoms with van der Waals surface area (Å²) in [4.78, 5) is 38.3. The zero-order valence-electron chi connectivity index (χ0n) is 19.2. The molecule has 0 radical (unpaired) electrons. The van der Waals surface area contributed by atoms with Gasteiger partial charge in [0.25, 0.3) is 5.91 Å². The Morgan fingerprint density at radius 1 is 1.15 bits per heavy atom. The number of fused-ring (bicyclic) bond motifs is 1. The molecule has 4 aliphatic rings. The van der Waals surface area contributed by atoms with Gasteiger partial charge >= 0.3 is 0 Å². The Morgan fingerprint density at radius 2 is 1.97 bits per heavy atom. The number of piperidine rings is 1. The minimum Gasteiger partial charge on any atom is -0.489 e. The summed E-state index contributed by atoms with van der Waals surface area (Å²) >= 11 is 0. The molecule has 3 aliphatic heterocycles. The van der Waals surface area contributed by atoms with Crippen LogP contribution in [0.1, 0.15) is 67.8 Å². The molecule has 3 fully saturated rings. The first-order chi connectivity index (χ1) is 15.9. The summed E-state index contributed by atoms with van der Waals surface area (Å²) in [6, 6.07) is 5.32. The smallest absolute Gasteiger partial charge is 0.255 e. The van der Waals surface area contributed by atoms with Gasteiger partial charge < -0.3 is 19.7 Å². The van der Waals surface area contributed by atoms with Gasteiger partial charge in [-0.2, -0.15) is 0 Å². The van der Waals surface area contributed by atoms with E-state index in [1.165, 1.54) is 12.8 Å². The summed E-state index contributed by atoms with van der Waals surface area (Å²) in [5.41, 5.74) is 1.70. The normalized spacial score (nSPS) is 29.2. The first kappa shape index (κ1) is 22.3. The summed E-state index contributed by atoms with van der Waals surface area (Å²) in [5, 5.41) is 6.10. The minimum atomic E-state index is -0.598. The number of rotatable bonds is 6. The molecule has 1 saturated carbocycles. The number of nitrogens with one attached hydrogen (secondary N) is 2. The van der Waals surface area contributed by atoms with Crippen molar-refractivity contribution < 1.29 is 23.9 Å². The average molecular weight is 456 g/mol. The molecule has 3 atom stereocenters. The van der Waals surface area contributed by atoms with Crippen LogP contribution >= 0.6 is 0 Å². The Kier molecular flexibility index (Phi) is 6.14. The van der Waals surface area contributed by atoms with Crippen LogP contribution in [0, 0.1) is 5.41 Å². The van der Waals surface area contributed by atoms with Gasteiger partial charge in [-0.15, -0.1) is 0 Å². The second-order valence-electron chi connectivity index (χ2n) is 10.3. The summed E-state index contributed by atoms with van der Waals surface area (Å²) in [6.45, 7) is 5.16. The number of amides is 3. The Bertz CT molecular complexity index is 944. The Balaban J connectivity index is 1.26. The zero-order chi connectivity index (χ0) is 23.0. The third kappa shape index (κ3) is 4.64. The lowest BCUT2D eigenvalue weighted by Crippen LogP contribution is -2.52. The summed E-state index contributed by atoms with van der Waals surface area (Å²) in [6.07, 6.45) is 6.37. The van der Waals surface area contributed by atoms with Gasteiger partial charge in [0.1, 0.15) is 17.9 Å². The lowest BCUT2D eigenvalue weighted by molar-refractivity contribution is -0.136. The van der Waals surface area contributed by atoms with Crippen LogP contribution in [0.25, 0.3) is 0 Å². The van der Waals surface area contributed by atoms with Gasteiger partial charge in [-0.1, -0.05) is 19.8 Å². The standard InChI is InChI=1S/C25H33N3O5/c1-25(14-32-15-25)13-26-19-5-3-2-4-6-21(19)33-17-7-8-18-16(11-17)12-28(24(18)31)20-9-10-22(29)27-23(20)30/h7-8,11,19-21,26H,2-6,9-10,12-15H2,1H3,(H,27,29,30)/t19?,20?,21-/m0/s1. The van der Waals surface area contributed by atoms with Crippen LogP contribution < -0.4 is 15.4 Å². The molecule has 2 N–H and O–H groups in total. The molecule has 0 aromatic heterocycles. The maximum Gasteiger partial charge on any atom is 0.255 e. The Morgan fingerprint density at radius 3 is 2.73 bits per heavy atom. The van der Waals surface area contributed by atoms with Crippen LogP contribution in [0.3, 0.4) is 0 Å². The molecule has 3 heterocycles. The van der Waals surface area contributed by atoms with Crippen molar-refractivity contribution in [3.8, 4) is 5.75 Å². The Hall–Kier alpha value is -2.45. The van der Waals surface area contributed by atoms with Crippen LogP contribution in [0.5, 0.6) is 5.75 Å². The van der Waals surface area contributed by atoms with Crippen LogP contribution in [0.15, 0.2) is 18.2 Å². The van der Waals surface area contributed by atoms with Crippen molar-refractivity contribution in [2.24, 2.45) is 5.41 Å². The highest BCUT2D eigenvalue weighted by molar-refractivity contribution is 6.05. The largest absolute Gasteiger partial charge is 0.489 e. The van der Waals surface area contributed by atoms with Crippen molar-refractivity contribution in [1.29, 1.82) is 0 Å². The lowest BCUT2D eigenvalue weighted by Gasteiger charge is -2.40. The lowest BCUT2D eigenvalue weighted by atomic mass is 9.88. The molecule has 0 bridgehead atoms. The van der Waals surface area contributed by atoms with Crippen molar-refractivity contribution >= 4 is 17.7 Å². The highest BCUT2D eigenvalue weighted by atomic mass is 16.5. The van der Waals surface area contributed by atoms with Gasteiger partial charge in [0.15, 0.2) is 0 Å². The first-order valence-electron chi connectivity index (χ1n) is 12.2. The number of benzene rings is 1. The fraction of sp³-hybridized carbons (Fsp3) is 0.640. The van der Waals surface area contributed by atoms with E-state index in [0.717, 1.165) is 50.3 Å². The van der Waals surface area contributed by atoms with E-state index in [9.17, 15) is 14.4 Å². The van der Waals surface area contributed by atoms with E-state index in [4.69, 9.17) is 9.47 Å². The van der Waals surface area contributed by atoms with Gasteiger partial charge in [-0.3, -0.25) is 19.7 Å². The molecule has 2 saturated heterocycles. The van der Waals surface area contributed by atoms with Crippen molar-refractivity contribution in [1.82, 2.24) is 15.5 Å². The second-order valence-corrected chi connectivity index (χ2v) is 10.3. The van der Waals surface area contributed by atoms with E-state index in [1.54, 1.807) is 4.90 Å². The molecule has 3 amide bonds. The maximum atomic E-state index is 12.9. The molecule has 1 aromatic rings. The van der Waals surface area contributed by atoms with E-state index in [2.05, 4.69) is 17.6 Å². The summed E-state index contributed by atoms with van der Waals surface area (Å²) < 4.78 is 11.9. The molecule has 1 aliphatic carbocycles. The number of carbonyl (C=O) groups excluding carboxylic acids is 3. The maximum absolute atomic E-state index is 12.9. The molecular formula is C25H33N3O5. The fourth-order valence-electron chi connectivity index (χ4n) is 5.38. The molecule has 178 valence electrons. The van der Waals surface area contributed by atoms with Crippen molar-refractivity contribution in [3.05, 3.63) is 29.3 Å². The number of hydrogen-bond donors (Lipinski definition) is 2. The van der Waals surface area contributed by atoms with Gasteiger partial charge in [0.05, 0.1) is 13.2 Å². The van der Waals surface area contributed by atoms with Crippen LogP contribution in [0.4, 0.5) is 0 Å². The van der Waals surface area contributed by atoms with Crippen LogP contribution in [0.2, 0.25) is 0 Å². The predicted molar refractivity (Wildman–Crippen MR) is 121 cm³/mol. The second kappa shape index (κ2) is 9.06. The minimum absolute atomic E-state index is 0.0819. The van der Waals surface area contributed by atoms with Gasteiger partial charge in [0, 0.05) is 36.5 Å². The van der Waals surface area contributed by atoms with Crippen molar-refractivity contribution in [3.63, 3.8) is 0 Å². The van der Waals surface area contributed by atoms with Gasteiger partial charge in [0.2, 0.25) is 11.8 Å². The van der Waals surface area contributed by atoms with Crippen molar-refractivity contribution in [2.75, 3.05) is 19.8 Å². The molecule has 33 heavy (non-hydrogen) atoms. The number of ether oxygens (including phenoxy) is 2. The predicted octanol–water partition coefficient (Wildman–Crippen LogP) is 2.15. The molecule has 2 unspecified atom stereocenters. The van der Waals surface area contributed by atoms with E-state index in [1.807, 2.05) is 18.2 Å². The quantitative estimate of drug-likeness (QED) is 0.504. The fourth-order valence-corrected chi connectivity index (χ4v) is 5.38. The van der Waals surface area contributed by atoms with E-state index >= 15 is 0 Å². The summed E-state index contributed by atoms with van der Waals surface area (Å²) in [5.74, 6) is -0.0529. The van der Waals surface area contributed by atoms with Crippen LogP contribution in [-0.2, 0) is 20.9 Å². The van der Waals surface area contributed by atoms with E-state index in [0.29, 0.717) is 24.6 Å². The average Bonchev–Trinajstić information content (AvgIpc) is 2.93. The first-order valence-corrected chi connectivity index (χ1v) is 12.2. The molecule has 8 nitrogen and oxygen atoms in total. The molecular weight excluding hydrogens is 422 g/mol. The SMILES string of the molecule is CC1(CNC2CCCCC[C@@H]2Oc2ccc3c(c2)CN(C2CCC(=O)NC2=O)C3=O)COC1. The third-order valence-electron chi connectivity index (χ3n) is 7.43. The highest BCUT2D eigenvalue weighted by Crippen LogP contribution is 2.32. The molecule has 8 heteroatoms. The van der Waals surface area contributed by atoms with E-state index in [-0.39, 0.29) is 35.7 Å². The number of carbonyl (C=O) groups is 3. The highest BCUT2D eigenvalue weighted by Gasteiger charge is 2.39. The van der Waals surface area contributed by atoms with Gasteiger partial charge in [-0.25, -0.2) is 0 Å². The topological polar surface area (TPSA) is 97.0 Å². The molecule has 1 aromatic carbocycles. The number of imide groups is 1. The zero-order valence-corrected chi connectivity index (χ0v) is 19.2. The van der Waals surface area contributed by atoms with Gasteiger partial charge in [-0.05, 0) is 49.4 Å². The Labute approximate surface area is 194 Å². The monoisotopic (exact) mass is 455 g/mol. The third-order valence-corrected chi connectivity index (χ3v) is 7.43. The van der Waals surface area contributed by atoms with Crippen LogP contribution in [-0.4, -0.2) is 60.6 Å².